The predicted octanol–water partition coefficient (Wildman–Crippen LogP) is 3.98. The van der Waals surface area contributed by atoms with Crippen molar-refractivity contribution in [2.75, 3.05) is 17.4 Å². The fourth-order valence-corrected chi connectivity index (χ4v) is 2.79. The molecule has 1 aliphatic rings. The van der Waals surface area contributed by atoms with Crippen molar-refractivity contribution >= 4 is 17.3 Å². The number of rotatable bonds is 5. The van der Waals surface area contributed by atoms with Gasteiger partial charge in [0.25, 0.3) is 5.91 Å². The zero-order valence-corrected chi connectivity index (χ0v) is 14.9. The van der Waals surface area contributed by atoms with Crippen molar-refractivity contribution in [1.82, 2.24) is 4.98 Å². The van der Waals surface area contributed by atoms with E-state index in [1.54, 1.807) is 12.3 Å². The highest BCUT2D eigenvalue weighted by Gasteiger charge is 2.13. The monoisotopic (exact) mass is 361 g/mol. The first-order chi connectivity index (χ1) is 13.2. The largest absolute Gasteiger partial charge is 0.454 e. The second-order valence-electron chi connectivity index (χ2n) is 6.24. The molecule has 0 radical (unpaired) electrons. The van der Waals surface area contributed by atoms with E-state index >= 15 is 0 Å². The van der Waals surface area contributed by atoms with Crippen LogP contribution in [0.2, 0.25) is 0 Å². The van der Waals surface area contributed by atoms with Crippen molar-refractivity contribution in [3.05, 3.63) is 77.6 Å². The molecular formula is C21H19N3O3. The van der Waals surface area contributed by atoms with Gasteiger partial charge >= 0.3 is 0 Å². The lowest BCUT2D eigenvalue weighted by atomic mass is 10.2. The Morgan fingerprint density at radius 3 is 2.74 bits per heavy atom. The Morgan fingerprint density at radius 2 is 1.93 bits per heavy atom. The number of para-hydroxylation sites is 1. The van der Waals surface area contributed by atoms with Gasteiger partial charge in [0.05, 0.1) is 11.9 Å². The van der Waals surface area contributed by atoms with Crippen molar-refractivity contribution in [3.63, 3.8) is 0 Å². The van der Waals surface area contributed by atoms with Gasteiger partial charge in [-0.2, -0.15) is 0 Å². The highest BCUT2D eigenvalue weighted by molar-refractivity contribution is 6.03. The smallest absolute Gasteiger partial charge is 0.274 e. The number of carbonyl (C=O) groups excluding carboxylic acids is 1. The quantitative estimate of drug-likeness (QED) is 0.719. The maximum absolute atomic E-state index is 12.3. The van der Waals surface area contributed by atoms with Crippen molar-refractivity contribution in [3.8, 4) is 11.5 Å². The third-order valence-corrected chi connectivity index (χ3v) is 4.32. The third kappa shape index (κ3) is 3.84. The molecule has 136 valence electrons. The van der Waals surface area contributed by atoms with Crippen LogP contribution in [0.25, 0.3) is 0 Å². The zero-order valence-electron chi connectivity index (χ0n) is 14.9. The molecule has 0 unspecified atom stereocenters. The lowest BCUT2D eigenvalue weighted by Gasteiger charge is -2.09. The number of aromatic nitrogens is 1. The summed E-state index contributed by atoms with van der Waals surface area (Å²) >= 11 is 0. The number of amides is 1. The van der Waals surface area contributed by atoms with E-state index in [1.165, 1.54) is 0 Å². The molecule has 2 heterocycles. The number of aryl methyl sites for hydroxylation is 1. The minimum absolute atomic E-state index is 0.230. The molecule has 2 aromatic carbocycles. The number of fused-ring (bicyclic) bond motifs is 1. The molecule has 1 amide bonds. The number of anilines is 2. The van der Waals surface area contributed by atoms with Crippen LogP contribution in [0.5, 0.6) is 11.5 Å². The summed E-state index contributed by atoms with van der Waals surface area (Å²) in [5.74, 6) is 1.30. The van der Waals surface area contributed by atoms with Gasteiger partial charge in [-0.15, -0.1) is 0 Å². The van der Waals surface area contributed by atoms with Gasteiger partial charge in [0, 0.05) is 12.2 Å². The number of hydrogen-bond acceptors (Lipinski definition) is 5. The summed E-state index contributed by atoms with van der Waals surface area (Å²) in [5, 5.41) is 6.17. The number of pyridine rings is 1. The molecular weight excluding hydrogens is 342 g/mol. The molecule has 2 N–H and O–H groups in total. The fraction of sp³-hybridized carbons (Fsp3) is 0.143. The summed E-state index contributed by atoms with van der Waals surface area (Å²) in [5.41, 5.74) is 4.06. The van der Waals surface area contributed by atoms with E-state index in [1.807, 2.05) is 55.5 Å². The molecule has 1 aliphatic heterocycles. The summed E-state index contributed by atoms with van der Waals surface area (Å²) in [6.45, 7) is 2.83. The van der Waals surface area contributed by atoms with Crippen molar-refractivity contribution in [1.29, 1.82) is 0 Å². The average molecular weight is 361 g/mol. The number of carbonyl (C=O) groups is 1. The molecule has 1 aromatic heterocycles. The molecule has 4 rings (SSSR count). The van der Waals surface area contributed by atoms with E-state index in [0.29, 0.717) is 12.2 Å². The van der Waals surface area contributed by atoms with Crippen LogP contribution in [0.1, 0.15) is 21.6 Å². The van der Waals surface area contributed by atoms with E-state index < -0.39 is 0 Å². The Bertz CT molecular complexity index is 971. The van der Waals surface area contributed by atoms with Gasteiger partial charge in [-0.25, -0.2) is 4.98 Å². The number of nitrogens with zero attached hydrogens (tertiary/aromatic N) is 1. The molecule has 0 spiro atoms. The van der Waals surface area contributed by atoms with Crippen LogP contribution in [-0.2, 0) is 6.54 Å². The van der Waals surface area contributed by atoms with Crippen LogP contribution in [0, 0.1) is 6.92 Å². The van der Waals surface area contributed by atoms with Gasteiger partial charge in [-0.05, 0) is 48.4 Å². The molecule has 27 heavy (non-hydrogen) atoms. The van der Waals surface area contributed by atoms with E-state index in [0.717, 1.165) is 34.0 Å². The summed E-state index contributed by atoms with van der Waals surface area (Å²) < 4.78 is 10.7. The Hall–Kier alpha value is -3.54. The Balaban J connectivity index is 1.37. The molecule has 0 fully saturated rings. The van der Waals surface area contributed by atoms with Gasteiger partial charge in [0.1, 0.15) is 5.69 Å². The van der Waals surface area contributed by atoms with Crippen LogP contribution in [0.15, 0.2) is 60.8 Å². The molecule has 0 atom stereocenters. The Labute approximate surface area is 157 Å². The normalized spacial score (nSPS) is 11.9. The highest BCUT2D eigenvalue weighted by atomic mass is 16.7. The van der Waals surface area contributed by atoms with Gasteiger partial charge < -0.3 is 20.1 Å². The van der Waals surface area contributed by atoms with Gasteiger partial charge in [-0.3, -0.25) is 4.79 Å². The minimum atomic E-state index is -0.230. The lowest BCUT2D eigenvalue weighted by Crippen LogP contribution is -2.14. The van der Waals surface area contributed by atoms with Gasteiger partial charge in [-0.1, -0.05) is 24.3 Å². The van der Waals surface area contributed by atoms with Crippen LogP contribution in [-0.4, -0.2) is 17.7 Å². The molecule has 0 saturated carbocycles. The molecule has 0 aliphatic carbocycles. The maximum atomic E-state index is 12.3. The maximum Gasteiger partial charge on any atom is 0.274 e. The standard InChI is InChI=1S/C21H19N3O3/c1-14-4-2-3-5-17(14)24-21(25)18-8-7-16(12-23-18)22-11-15-6-9-19-20(10-15)27-13-26-19/h2-10,12,22H,11,13H2,1H3,(H,24,25). The van der Waals surface area contributed by atoms with Crippen molar-refractivity contribution < 1.29 is 14.3 Å². The van der Waals surface area contributed by atoms with E-state index in [2.05, 4.69) is 15.6 Å². The first-order valence-corrected chi connectivity index (χ1v) is 8.64. The zero-order chi connectivity index (χ0) is 18.6. The molecule has 6 nitrogen and oxygen atoms in total. The number of nitrogens with one attached hydrogen (secondary N) is 2. The average Bonchev–Trinajstić information content (AvgIpc) is 3.16. The second-order valence-corrected chi connectivity index (χ2v) is 6.24. The number of benzene rings is 2. The lowest BCUT2D eigenvalue weighted by molar-refractivity contribution is 0.102. The molecule has 0 saturated heterocycles. The topological polar surface area (TPSA) is 72.5 Å². The molecule has 0 bridgehead atoms. The van der Waals surface area contributed by atoms with Gasteiger partial charge in [0.2, 0.25) is 6.79 Å². The highest BCUT2D eigenvalue weighted by Crippen LogP contribution is 2.32. The molecule has 3 aromatic rings. The molecule has 6 heteroatoms. The Kier molecular flexibility index (Phi) is 4.61. The van der Waals surface area contributed by atoms with E-state index in [9.17, 15) is 4.79 Å². The number of ether oxygens (including phenoxy) is 2. The van der Waals surface area contributed by atoms with Crippen molar-refractivity contribution in [2.45, 2.75) is 13.5 Å². The fourth-order valence-electron chi connectivity index (χ4n) is 2.79. The summed E-state index contributed by atoms with van der Waals surface area (Å²) in [6.07, 6.45) is 1.65. The SMILES string of the molecule is Cc1ccccc1NC(=O)c1ccc(NCc2ccc3c(c2)OCO3)cn1. The summed E-state index contributed by atoms with van der Waals surface area (Å²) in [7, 11) is 0. The van der Waals surface area contributed by atoms with Crippen LogP contribution in [0.4, 0.5) is 11.4 Å². The minimum Gasteiger partial charge on any atom is -0.454 e. The van der Waals surface area contributed by atoms with Gasteiger partial charge in [0.15, 0.2) is 11.5 Å². The van der Waals surface area contributed by atoms with E-state index in [4.69, 9.17) is 9.47 Å². The summed E-state index contributed by atoms with van der Waals surface area (Å²) in [6, 6.07) is 17.0. The van der Waals surface area contributed by atoms with Crippen LogP contribution >= 0.6 is 0 Å². The predicted molar refractivity (Wildman–Crippen MR) is 103 cm³/mol. The number of hydrogen-bond donors (Lipinski definition) is 2. The van der Waals surface area contributed by atoms with Crippen LogP contribution in [0.3, 0.4) is 0 Å². The third-order valence-electron chi connectivity index (χ3n) is 4.32. The second kappa shape index (κ2) is 7.37. The summed E-state index contributed by atoms with van der Waals surface area (Å²) in [4.78, 5) is 16.6. The van der Waals surface area contributed by atoms with E-state index in [-0.39, 0.29) is 12.7 Å². The Morgan fingerprint density at radius 1 is 1.07 bits per heavy atom. The first-order valence-electron chi connectivity index (χ1n) is 8.64. The van der Waals surface area contributed by atoms with Crippen molar-refractivity contribution in [2.24, 2.45) is 0 Å². The van der Waals surface area contributed by atoms with Crippen LogP contribution < -0.4 is 20.1 Å². The first kappa shape index (κ1) is 16.9.